The van der Waals surface area contributed by atoms with Crippen LogP contribution in [0.3, 0.4) is 0 Å². The van der Waals surface area contributed by atoms with Crippen molar-refractivity contribution in [1.29, 1.82) is 0 Å². The molecule has 0 bridgehead atoms. The predicted octanol–water partition coefficient (Wildman–Crippen LogP) is 4.42. The van der Waals surface area contributed by atoms with Crippen LogP contribution in [0.2, 0.25) is 0 Å². The van der Waals surface area contributed by atoms with Crippen LogP contribution in [0.1, 0.15) is 85.5 Å². The van der Waals surface area contributed by atoms with Gasteiger partial charge in [0.05, 0.1) is 22.3 Å². The van der Waals surface area contributed by atoms with E-state index >= 15 is 0 Å². The maximum Gasteiger partial charge on any atom is 0.259 e. The lowest BCUT2D eigenvalue weighted by Crippen LogP contribution is -2.20. The first-order valence-corrected chi connectivity index (χ1v) is 11.6. The molecule has 0 aliphatic carbocycles. The molecular formula is C24H25BrN2O4. The summed E-state index contributed by atoms with van der Waals surface area (Å²) in [7, 11) is 0. The number of rotatable bonds is 8. The van der Waals surface area contributed by atoms with Gasteiger partial charge in [-0.3, -0.25) is 29.8 Å². The largest absolute Gasteiger partial charge is 0.288 e. The molecule has 0 unspecified atom stereocenters. The van der Waals surface area contributed by atoms with Gasteiger partial charge >= 0.3 is 0 Å². The standard InChI is InChI=1S/C16H20BrNO2.C8H5NO2/c17-11-6-4-2-1-3-5-8-12-9-7-10-13-14(12)16(20)18-15(13)19;10-7-5-3-1-2-4-6(5)8(11)9-7/h7,9-10H,1-6,8,11H2,(H,18,19,20);1-4H,(H,9,10,11). The number of unbranched alkanes of at least 4 members (excludes halogenated alkanes) is 5. The summed E-state index contributed by atoms with van der Waals surface area (Å²) < 4.78 is 0. The van der Waals surface area contributed by atoms with Crippen LogP contribution in [0.25, 0.3) is 0 Å². The van der Waals surface area contributed by atoms with E-state index in [9.17, 15) is 19.2 Å². The average Bonchev–Trinajstić information content (AvgIpc) is 3.23. The van der Waals surface area contributed by atoms with Gasteiger partial charge in [-0.1, -0.05) is 65.9 Å². The van der Waals surface area contributed by atoms with Crippen molar-refractivity contribution in [2.45, 2.75) is 44.9 Å². The maximum absolute atomic E-state index is 11.8. The van der Waals surface area contributed by atoms with E-state index in [1.165, 1.54) is 32.1 Å². The Morgan fingerprint density at radius 1 is 0.581 bits per heavy atom. The van der Waals surface area contributed by atoms with Crippen molar-refractivity contribution >= 4 is 39.6 Å². The van der Waals surface area contributed by atoms with Crippen LogP contribution in [0.4, 0.5) is 0 Å². The summed E-state index contributed by atoms with van der Waals surface area (Å²) in [6, 6.07) is 12.3. The maximum atomic E-state index is 11.8. The predicted molar refractivity (Wildman–Crippen MR) is 122 cm³/mol. The van der Waals surface area contributed by atoms with Crippen LogP contribution in [-0.4, -0.2) is 29.0 Å². The second-order valence-corrected chi connectivity index (χ2v) is 8.31. The van der Waals surface area contributed by atoms with Gasteiger partial charge in [0.2, 0.25) is 0 Å². The van der Waals surface area contributed by atoms with Crippen LogP contribution in [0, 0.1) is 0 Å². The second-order valence-electron chi connectivity index (χ2n) is 7.51. The number of hydrogen-bond donors (Lipinski definition) is 2. The van der Waals surface area contributed by atoms with Crippen molar-refractivity contribution in [1.82, 2.24) is 10.6 Å². The molecular weight excluding hydrogens is 460 g/mol. The number of aryl methyl sites for hydroxylation is 1. The minimum absolute atomic E-state index is 0.238. The van der Waals surface area contributed by atoms with Crippen LogP contribution in [0.15, 0.2) is 42.5 Å². The highest BCUT2D eigenvalue weighted by Crippen LogP contribution is 2.22. The zero-order chi connectivity index (χ0) is 22.2. The Morgan fingerprint density at radius 2 is 1.10 bits per heavy atom. The molecule has 2 aliphatic heterocycles. The number of carbonyl (C=O) groups excluding carboxylic acids is 4. The van der Waals surface area contributed by atoms with Gasteiger partial charge in [-0.05, 0) is 43.0 Å². The number of halogens is 1. The average molecular weight is 485 g/mol. The monoisotopic (exact) mass is 484 g/mol. The molecule has 0 spiro atoms. The van der Waals surface area contributed by atoms with Crippen molar-refractivity contribution in [3.8, 4) is 0 Å². The fraction of sp³-hybridized carbons (Fsp3) is 0.333. The molecule has 4 rings (SSSR count). The molecule has 162 valence electrons. The summed E-state index contributed by atoms with van der Waals surface area (Å²) in [5.74, 6) is -1.10. The van der Waals surface area contributed by atoms with E-state index < -0.39 is 0 Å². The fourth-order valence-electron chi connectivity index (χ4n) is 3.73. The molecule has 2 aromatic carbocycles. The number of imide groups is 2. The highest BCUT2D eigenvalue weighted by molar-refractivity contribution is 9.09. The minimum atomic E-state index is -0.300. The summed E-state index contributed by atoms with van der Waals surface area (Å²) in [5.41, 5.74) is 3.07. The van der Waals surface area contributed by atoms with Gasteiger partial charge in [0.1, 0.15) is 0 Å². The van der Waals surface area contributed by atoms with Gasteiger partial charge in [0.25, 0.3) is 23.6 Å². The molecule has 2 aromatic rings. The van der Waals surface area contributed by atoms with Crippen molar-refractivity contribution in [2.24, 2.45) is 0 Å². The Morgan fingerprint density at radius 3 is 1.74 bits per heavy atom. The number of carbonyl (C=O) groups is 4. The number of hydrogen-bond acceptors (Lipinski definition) is 4. The molecule has 4 amide bonds. The SMILES string of the molecule is O=C1NC(=O)c2c(CCCCCCCCBr)cccc21.O=C1NC(=O)c2ccccc21. The third kappa shape index (κ3) is 5.67. The summed E-state index contributed by atoms with van der Waals surface area (Å²) in [6.07, 6.45) is 8.18. The lowest BCUT2D eigenvalue weighted by molar-refractivity contribution is 0.0863. The number of benzene rings is 2. The number of amides is 4. The molecule has 0 fully saturated rings. The first kappa shape index (κ1) is 22.9. The normalized spacial score (nSPS) is 13.8. The van der Waals surface area contributed by atoms with E-state index in [0.29, 0.717) is 22.3 Å². The van der Waals surface area contributed by atoms with Crippen molar-refractivity contribution < 1.29 is 19.2 Å². The summed E-state index contributed by atoms with van der Waals surface area (Å²) in [6.45, 7) is 0. The molecule has 0 radical (unpaired) electrons. The quantitative estimate of drug-likeness (QED) is 0.329. The Bertz CT molecular complexity index is 970. The van der Waals surface area contributed by atoms with E-state index in [1.807, 2.05) is 12.1 Å². The van der Waals surface area contributed by atoms with Gasteiger partial charge in [0, 0.05) is 5.33 Å². The van der Waals surface area contributed by atoms with E-state index in [4.69, 9.17) is 0 Å². The molecule has 0 aromatic heterocycles. The van der Waals surface area contributed by atoms with Crippen molar-refractivity contribution in [3.63, 3.8) is 0 Å². The van der Waals surface area contributed by atoms with E-state index in [0.717, 1.165) is 23.7 Å². The van der Waals surface area contributed by atoms with Crippen LogP contribution >= 0.6 is 15.9 Å². The summed E-state index contributed by atoms with van der Waals surface area (Å²) in [4.78, 5) is 45.2. The smallest absolute Gasteiger partial charge is 0.259 e. The molecule has 31 heavy (non-hydrogen) atoms. The van der Waals surface area contributed by atoms with Crippen molar-refractivity contribution in [2.75, 3.05) is 5.33 Å². The Hall–Kier alpha value is -2.80. The van der Waals surface area contributed by atoms with E-state index in [1.54, 1.807) is 30.3 Å². The molecule has 2 N–H and O–H groups in total. The molecule has 7 heteroatoms. The highest BCUT2D eigenvalue weighted by atomic mass is 79.9. The first-order chi connectivity index (χ1) is 15.0. The van der Waals surface area contributed by atoms with E-state index in [-0.39, 0.29) is 23.6 Å². The Balaban J connectivity index is 0.000000207. The number of nitrogens with one attached hydrogen (secondary N) is 2. The lowest BCUT2D eigenvalue weighted by atomic mass is 9.97. The van der Waals surface area contributed by atoms with Crippen LogP contribution in [-0.2, 0) is 6.42 Å². The third-order valence-electron chi connectivity index (χ3n) is 5.32. The Labute approximate surface area is 189 Å². The molecule has 2 aliphatic rings. The second kappa shape index (κ2) is 11.0. The zero-order valence-corrected chi connectivity index (χ0v) is 18.8. The Kier molecular flexibility index (Phi) is 8.12. The van der Waals surface area contributed by atoms with Gasteiger partial charge in [0.15, 0.2) is 0 Å². The molecule has 0 atom stereocenters. The third-order valence-corrected chi connectivity index (χ3v) is 5.88. The molecule has 0 saturated carbocycles. The number of alkyl halides is 1. The van der Waals surface area contributed by atoms with Gasteiger partial charge in [-0.2, -0.15) is 0 Å². The molecule has 6 nitrogen and oxygen atoms in total. The van der Waals surface area contributed by atoms with Crippen molar-refractivity contribution in [3.05, 3.63) is 70.3 Å². The van der Waals surface area contributed by atoms with E-state index in [2.05, 4.69) is 26.6 Å². The molecule has 2 heterocycles. The molecule has 0 saturated heterocycles. The highest BCUT2D eigenvalue weighted by Gasteiger charge is 2.28. The summed E-state index contributed by atoms with van der Waals surface area (Å²) >= 11 is 3.44. The first-order valence-electron chi connectivity index (χ1n) is 10.5. The van der Waals surface area contributed by atoms with Gasteiger partial charge < -0.3 is 0 Å². The fourth-order valence-corrected chi connectivity index (χ4v) is 4.13. The lowest BCUT2D eigenvalue weighted by Gasteiger charge is -2.05. The van der Waals surface area contributed by atoms with Crippen LogP contribution < -0.4 is 10.6 Å². The van der Waals surface area contributed by atoms with Gasteiger partial charge in [-0.15, -0.1) is 0 Å². The van der Waals surface area contributed by atoms with Gasteiger partial charge in [-0.25, -0.2) is 0 Å². The minimum Gasteiger partial charge on any atom is -0.288 e. The number of fused-ring (bicyclic) bond motifs is 2. The zero-order valence-electron chi connectivity index (χ0n) is 17.2. The topological polar surface area (TPSA) is 92.3 Å². The summed E-state index contributed by atoms with van der Waals surface area (Å²) in [5, 5.41) is 5.66. The van der Waals surface area contributed by atoms with Crippen LogP contribution in [0.5, 0.6) is 0 Å².